The molecule has 0 bridgehead atoms. The lowest BCUT2D eigenvalue weighted by Crippen LogP contribution is -2.44. The van der Waals surface area contributed by atoms with E-state index in [4.69, 9.17) is 0 Å². The van der Waals surface area contributed by atoms with Gasteiger partial charge in [0.2, 0.25) is 0 Å². The fraction of sp³-hybridized carbons (Fsp3) is 0.600. The highest BCUT2D eigenvalue weighted by atomic mass is 19.4. The topological polar surface area (TPSA) is 12.0 Å². The first kappa shape index (κ1) is 13.0. The normalized spacial score (nSPS) is 30.6. The molecule has 0 spiro atoms. The second-order valence-electron chi connectivity index (χ2n) is 5.75. The van der Waals surface area contributed by atoms with E-state index in [1.165, 1.54) is 11.1 Å². The highest BCUT2D eigenvalue weighted by Crippen LogP contribution is 2.41. The predicted octanol–water partition coefficient (Wildman–Crippen LogP) is 3.65. The van der Waals surface area contributed by atoms with Gasteiger partial charge in [-0.05, 0) is 49.3 Å². The van der Waals surface area contributed by atoms with E-state index in [9.17, 15) is 13.2 Å². The van der Waals surface area contributed by atoms with Crippen LogP contribution in [0.4, 0.5) is 13.2 Å². The first-order chi connectivity index (χ1) is 9.04. The van der Waals surface area contributed by atoms with Crippen LogP contribution < -0.4 is 5.32 Å². The number of nitrogens with one attached hydrogen (secondary N) is 1. The molecular weight excluding hydrogens is 251 g/mol. The third-order valence-electron chi connectivity index (χ3n) is 4.49. The minimum absolute atomic E-state index is 0.0127. The highest BCUT2D eigenvalue weighted by Gasteiger charge is 2.42. The van der Waals surface area contributed by atoms with Gasteiger partial charge in [0, 0.05) is 6.04 Å². The fourth-order valence-electron chi connectivity index (χ4n) is 3.40. The Morgan fingerprint density at radius 3 is 2.74 bits per heavy atom. The second kappa shape index (κ2) is 4.82. The van der Waals surface area contributed by atoms with Crippen molar-refractivity contribution in [3.05, 3.63) is 35.4 Å². The van der Waals surface area contributed by atoms with Crippen LogP contribution in [0.25, 0.3) is 0 Å². The molecule has 0 saturated carbocycles. The average molecular weight is 269 g/mol. The zero-order valence-electron chi connectivity index (χ0n) is 10.7. The molecule has 1 fully saturated rings. The maximum Gasteiger partial charge on any atom is 0.391 e. The van der Waals surface area contributed by atoms with Gasteiger partial charge in [-0.25, -0.2) is 0 Å². The molecule has 0 aromatic heterocycles. The number of alkyl halides is 3. The number of piperidine rings is 1. The van der Waals surface area contributed by atoms with Crippen LogP contribution >= 0.6 is 0 Å². The van der Waals surface area contributed by atoms with E-state index < -0.39 is 12.1 Å². The largest absolute Gasteiger partial charge is 0.391 e. The zero-order chi connectivity index (χ0) is 13.5. The van der Waals surface area contributed by atoms with Crippen LogP contribution in [0, 0.1) is 5.92 Å². The predicted molar refractivity (Wildman–Crippen MR) is 68.1 cm³/mol. The Kier molecular flexibility index (Phi) is 3.29. The summed E-state index contributed by atoms with van der Waals surface area (Å²) in [5.41, 5.74) is 2.69. The fourth-order valence-corrected chi connectivity index (χ4v) is 3.40. The second-order valence-corrected chi connectivity index (χ2v) is 5.75. The summed E-state index contributed by atoms with van der Waals surface area (Å²) in [5.74, 6) is -0.672. The molecule has 0 radical (unpaired) electrons. The first-order valence-electron chi connectivity index (χ1n) is 6.92. The summed E-state index contributed by atoms with van der Waals surface area (Å²) < 4.78 is 38.3. The zero-order valence-corrected chi connectivity index (χ0v) is 10.7. The number of fused-ring (bicyclic) bond motifs is 1. The van der Waals surface area contributed by atoms with Crippen LogP contribution in [0.3, 0.4) is 0 Å². The Balaban J connectivity index is 1.60. The standard InChI is InChI=1S/C15H18F3N/c16-15(17,18)12-5-6-19-13(9-12)8-11-7-10-3-1-2-4-14(10)11/h1-4,11-13,19H,5-9H2. The highest BCUT2D eigenvalue weighted by molar-refractivity contribution is 5.39. The Hall–Kier alpha value is -1.03. The van der Waals surface area contributed by atoms with Crippen LogP contribution in [-0.4, -0.2) is 18.8 Å². The first-order valence-corrected chi connectivity index (χ1v) is 6.92. The number of rotatable bonds is 2. The van der Waals surface area contributed by atoms with Gasteiger partial charge in [0.15, 0.2) is 0 Å². The van der Waals surface area contributed by atoms with E-state index in [0.29, 0.717) is 12.5 Å². The molecule has 3 rings (SSSR count). The molecule has 1 saturated heterocycles. The van der Waals surface area contributed by atoms with Crippen molar-refractivity contribution < 1.29 is 13.2 Å². The van der Waals surface area contributed by atoms with Crippen LogP contribution in [0.1, 0.15) is 36.3 Å². The van der Waals surface area contributed by atoms with Crippen molar-refractivity contribution in [1.29, 1.82) is 0 Å². The molecule has 4 heteroatoms. The molecule has 3 unspecified atom stereocenters. The van der Waals surface area contributed by atoms with Crippen molar-refractivity contribution in [3.8, 4) is 0 Å². The molecule has 1 aliphatic heterocycles. The maximum atomic E-state index is 12.8. The van der Waals surface area contributed by atoms with Crippen LogP contribution in [0.5, 0.6) is 0 Å². The van der Waals surface area contributed by atoms with Crippen LogP contribution in [0.2, 0.25) is 0 Å². The van der Waals surface area contributed by atoms with Crippen molar-refractivity contribution >= 4 is 0 Å². The van der Waals surface area contributed by atoms with Crippen molar-refractivity contribution in [3.63, 3.8) is 0 Å². The van der Waals surface area contributed by atoms with E-state index in [1.807, 2.05) is 12.1 Å². The monoisotopic (exact) mass is 269 g/mol. The average Bonchev–Trinajstić information content (AvgIpc) is 2.35. The Morgan fingerprint density at radius 1 is 1.21 bits per heavy atom. The smallest absolute Gasteiger partial charge is 0.314 e. The summed E-state index contributed by atoms with van der Waals surface area (Å²) >= 11 is 0. The van der Waals surface area contributed by atoms with E-state index >= 15 is 0 Å². The van der Waals surface area contributed by atoms with Crippen molar-refractivity contribution in [2.24, 2.45) is 5.92 Å². The van der Waals surface area contributed by atoms with Crippen LogP contribution in [-0.2, 0) is 6.42 Å². The van der Waals surface area contributed by atoms with E-state index in [-0.39, 0.29) is 18.9 Å². The molecule has 2 aliphatic rings. The van der Waals surface area contributed by atoms with E-state index in [1.54, 1.807) is 0 Å². The summed E-state index contributed by atoms with van der Waals surface area (Å²) in [4.78, 5) is 0. The number of halogens is 3. The molecule has 19 heavy (non-hydrogen) atoms. The van der Waals surface area contributed by atoms with Gasteiger partial charge in [-0.15, -0.1) is 0 Å². The maximum absolute atomic E-state index is 12.8. The summed E-state index contributed by atoms with van der Waals surface area (Å²) in [5, 5.41) is 3.25. The van der Waals surface area contributed by atoms with Gasteiger partial charge in [-0.1, -0.05) is 24.3 Å². The van der Waals surface area contributed by atoms with Gasteiger partial charge < -0.3 is 5.32 Å². The lowest BCUT2D eigenvalue weighted by Gasteiger charge is -2.37. The molecule has 1 heterocycles. The van der Waals surface area contributed by atoms with Crippen LogP contribution in [0.15, 0.2) is 24.3 Å². The quantitative estimate of drug-likeness (QED) is 0.864. The van der Waals surface area contributed by atoms with E-state index in [0.717, 1.165) is 12.8 Å². The van der Waals surface area contributed by atoms with Crippen molar-refractivity contribution in [2.75, 3.05) is 6.54 Å². The molecule has 1 N–H and O–H groups in total. The molecule has 1 nitrogen and oxygen atoms in total. The SMILES string of the molecule is FC(F)(F)C1CCNC(CC2Cc3ccccc32)C1. The number of hydrogen-bond donors (Lipinski definition) is 1. The van der Waals surface area contributed by atoms with Gasteiger partial charge in [0.05, 0.1) is 5.92 Å². The van der Waals surface area contributed by atoms with Crippen molar-refractivity contribution in [2.45, 2.75) is 43.8 Å². The van der Waals surface area contributed by atoms with Gasteiger partial charge >= 0.3 is 6.18 Å². The Bertz CT molecular complexity index is 455. The summed E-state index contributed by atoms with van der Waals surface area (Å²) in [6.07, 6.45) is -1.71. The minimum Gasteiger partial charge on any atom is -0.314 e. The van der Waals surface area contributed by atoms with E-state index in [2.05, 4.69) is 17.4 Å². The molecular formula is C15H18F3N. The van der Waals surface area contributed by atoms with Gasteiger partial charge in [0.1, 0.15) is 0 Å². The summed E-state index contributed by atoms with van der Waals surface area (Å²) in [6.45, 7) is 0.489. The molecule has 0 amide bonds. The lowest BCUT2D eigenvalue weighted by atomic mass is 9.73. The third-order valence-corrected chi connectivity index (χ3v) is 4.49. The van der Waals surface area contributed by atoms with Gasteiger partial charge in [-0.2, -0.15) is 13.2 Å². The summed E-state index contributed by atoms with van der Waals surface area (Å²) in [7, 11) is 0. The molecule has 3 atom stereocenters. The van der Waals surface area contributed by atoms with Crippen molar-refractivity contribution in [1.82, 2.24) is 5.32 Å². The summed E-state index contributed by atoms with van der Waals surface area (Å²) in [6, 6.07) is 8.26. The van der Waals surface area contributed by atoms with Gasteiger partial charge in [-0.3, -0.25) is 0 Å². The lowest BCUT2D eigenvalue weighted by molar-refractivity contribution is -0.183. The molecule has 104 valence electrons. The Morgan fingerprint density at radius 2 is 2.00 bits per heavy atom. The number of benzene rings is 1. The third kappa shape index (κ3) is 2.64. The molecule has 1 aliphatic carbocycles. The number of hydrogen-bond acceptors (Lipinski definition) is 1. The van der Waals surface area contributed by atoms with Gasteiger partial charge in [0.25, 0.3) is 0 Å². The minimum atomic E-state index is -4.03. The molecule has 1 aromatic carbocycles. The molecule has 1 aromatic rings. The Labute approximate surface area is 111 Å².